The number of nitrogens with one attached hydrogen (secondary N) is 1. The molecular formula is C15H22N4O. The predicted octanol–water partition coefficient (Wildman–Crippen LogP) is 1.72. The van der Waals surface area contributed by atoms with E-state index in [0.29, 0.717) is 17.0 Å². The lowest BCUT2D eigenvalue weighted by molar-refractivity contribution is 0.0900. The van der Waals surface area contributed by atoms with Gasteiger partial charge in [0.05, 0.1) is 11.3 Å². The van der Waals surface area contributed by atoms with Crippen molar-refractivity contribution < 1.29 is 4.79 Å². The van der Waals surface area contributed by atoms with Crippen LogP contribution in [0, 0.1) is 18.3 Å². The van der Waals surface area contributed by atoms with Crippen LogP contribution in [0.4, 0.5) is 0 Å². The van der Waals surface area contributed by atoms with E-state index in [2.05, 4.69) is 15.2 Å². The molecule has 0 saturated heterocycles. The molecule has 0 spiro atoms. The van der Waals surface area contributed by atoms with Crippen molar-refractivity contribution in [1.82, 2.24) is 15.2 Å². The molecule has 1 heterocycles. The van der Waals surface area contributed by atoms with Crippen molar-refractivity contribution in [2.24, 2.45) is 0 Å². The van der Waals surface area contributed by atoms with Crippen LogP contribution in [0.2, 0.25) is 0 Å². The number of aromatic nitrogens is 1. The molecule has 1 aromatic heterocycles. The van der Waals surface area contributed by atoms with Crippen molar-refractivity contribution in [1.29, 1.82) is 5.26 Å². The maximum atomic E-state index is 12.2. The Hall–Kier alpha value is -1.93. The second-order valence-corrected chi connectivity index (χ2v) is 5.83. The molecule has 5 nitrogen and oxygen atoms in total. The SMILES string of the molecule is Cc1nc(C(=O)NC(C)(C)CCN(C)C)ccc1C#N. The summed E-state index contributed by atoms with van der Waals surface area (Å²) in [6, 6.07) is 5.26. The van der Waals surface area contributed by atoms with Crippen LogP contribution < -0.4 is 5.32 Å². The van der Waals surface area contributed by atoms with Crippen LogP contribution in [0.3, 0.4) is 0 Å². The van der Waals surface area contributed by atoms with Gasteiger partial charge in [-0.2, -0.15) is 5.26 Å². The van der Waals surface area contributed by atoms with Gasteiger partial charge in [0.15, 0.2) is 0 Å². The van der Waals surface area contributed by atoms with Gasteiger partial charge in [0.1, 0.15) is 11.8 Å². The first-order valence-corrected chi connectivity index (χ1v) is 6.60. The van der Waals surface area contributed by atoms with Crippen molar-refractivity contribution >= 4 is 5.91 Å². The Balaban J connectivity index is 2.76. The van der Waals surface area contributed by atoms with Gasteiger partial charge >= 0.3 is 0 Å². The van der Waals surface area contributed by atoms with Crippen molar-refractivity contribution in [3.05, 3.63) is 29.1 Å². The standard InChI is InChI=1S/C15H22N4O/c1-11-12(10-16)6-7-13(17-11)14(20)18-15(2,3)8-9-19(4)5/h6-7H,8-9H2,1-5H3,(H,18,20). The Bertz CT molecular complexity index is 529. The number of nitrogens with zero attached hydrogens (tertiary/aromatic N) is 3. The van der Waals surface area contributed by atoms with Gasteiger partial charge in [-0.15, -0.1) is 0 Å². The molecule has 1 aromatic rings. The lowest BCUT2D eigenvalue weighted by Gasteiger charge is -2.27. The van der Waals surface area contributed by atoms with E-state index in [9.17, 15) is 4.79 Å². The molecule has 0 aliphatic rings. The van der Waals surface area contributed by atoms with Crippen LogP contribution in [-0.4, -0.2) is 42.0 Å². The zero-order valence-corrected chi connectivity index (χ0v) is 12.8. The molecule has 0 unspecified atom stereocenters. The van der Waals surface area contributed by atoms with Crippen molar-refractivity contribution in [3.63, 3.8) is 0 Å². The summed E-state index contributed by atoms with van der Waals surface area (Å²) in [4.78, 5) is 18.4. The Labute approximate surface area is 120 Å². The van der Waals surface area contributed by atoms with E-state index in [1.165, 1.54) is 0 Å². The van der Waals surface area contributed by atoms with Crippen LogP contribution in [0.25, 0.3) is 0 Å². The molecular weight excluding hydrogens is 252 g/mol. The second-order valence-electron chi connectivity index (χ2n) is 5.83. The predicted molar refractivity (Wildman–Crippen MR) is 78.4 cm³/mol. The zero-order valence-electron chi connectivity index (χ0n) is 12.8. The molecule has 0 fully saturated rings. The van der Waals surface area contributed by atoms with Crippen molar-refractivity contribution in [3.8, 4) is 6.07 Å². The van der Waals surface area contributed by atoms with Gasteiger partial charge in [-0.25, -0.2) is 4.98 Å². The largest absolute Gasteiger partial charge is 0.346 e. The zero-order chi connectivity index (χ0) is 15.3. The molecule has 0 atom stereocenters. The highest BCUT2D eigenvalue weighted by Gasteiger charge is 2.22. The van der Waals surface area contributed by atoms with Crippen LogP contribution in [0.15, 0.2) is 12.1 Å². The van der Waals surface area contributed by atoms with E-state index in [-0.39, 0.29) is 11.4 Å². The van der Waals surface area contributed by atoms with Gasteiger partial charge in [-0.3, -0.25) is 4.79 Å². The minimum atomic E-state index is -0.301. The summed E-state index contributed by atoms with van der Waals surface area (Å²) in [5, 5.41) is 11.8. The first-order chi connectivity index (χ1) is 9.25. The normalized spacial score (nSPS) is 11.2. The fraction of sp³-hybridized carbons (Fsp3) is 0.533. The number of hydrogen-bond donors (Lipinski definition) is 1. The Kier molecular flexibility index (Phi) is 5.23. The van der Waals surface area contributed by atoms with Gasteiger partial charge in [0, 0.05) is 5.54 Å². The van der Waals surface area contributed by atoms with Crippen molar-refractivity contribution in [2.45, 2.75) is 32.7 Å². The molecule has 0 bridgehead atoms. The fourth-order valence-corrected chi connectivity index (χ4v) is 1.74. The minimum Gasteiger partial charge on any atom is -0.346 e. The lowest BCUT2D eigenvalue weighted by atomic mass is 10.00. The first-order valence-electron chi connectivity index (χ1n) is 6.60. The Morgan fingerprint density at radius 2 is 2.10 bits per heavy atom. The minimum absolute atomic E-state index is 0.207. The number of hydrogen-bond acceptors (Lipinski definition) is 4. The van der Waals surface area contributed by atoms with Gasteiger partial charge in [0.25, 0.3) is 5.91 Å². The quantitative estimate of drug-likeness (QED) is 0.887. The summed E-state index contributed by atoms with van der Waals surface area (Å²) in [5.41, 5.74) is 1.12. The number of nitriles is 1. The highest BCUT2D eigenvalue weighted by molar-refractivity contribution is 5.92. The lowest BCUT2D eigenvalue weighted by Crippen LogP contribution is -2.45. The van der Waals surface area contributed by atoms with E-state index < -0.39 is 0 Å². The summed E-state index contributed by atoms with van der Waals surface area (Å²) < 4.78 is 0. The van der Waals surface area contributed by atoms with Crippen LogP contribution in [0.5, 0.6) is 0 Å². The van der Waals surface area contributed by atoms with E-state index in [1.807, 2.05) is 34.0 Å². The molecule has 0 aliphatic carbocycles. The van der Waals surface area contributed by atoms with E-state index >= 15 is 0 Å². The van der Waals surface area contributed by atoms with E-state index in [4.69, 9.17) is 5.26 Å². The third kappa shape index (κ3) is 4.63. The van der Waals surface area contributed by atoms with Gasteiger partial charge < -0.3 is 10.2 Å². The molecule has 0 aromatic carbocycles. The number of rotatable bonds is 5. The first kappa shape index (κ1) is 16.1. The smallest absolute Gasteiger partial charge is 0.270 e. The molecule has 0 radical (unpaired) electrons. The van der Waals surface area contributed by atoms with Gasteiger partial charge in [-0.1, -0.05) is 0 Å². The van der Waals surface area contributed by atoms with Crippen LogP contribution in [-0.2, 0) is 0 Å². The number of amides is 1. The van der Waals surface area contributed by atoms with Crippen LogP contribution >= 0.6 is 0 Å². The number of carbonyl (C=O) groups excluding carboxylic acids is 1. The molecule has 0 saturated carbocycles. The Morgan fingerprint density at radius 3 is 2.60 bits per heavy atom. The topological polar surface area (TPSA) is 69.0 Å². The fourth-order valence-electron chi connectivity index (χ4n) is 1.74. The monoisotopic (exact) mass is 274 g/mol. The second kappa shape index (κ2) is 6.49. The number of carbonyl (C=O) groups is 1. The summed E-state index contributed by atoms with van der Waals surface area (Å²) in [6.45, 7) is 6.61. The Morgan fingerprint density at radius 1 is 1.45 bits per heavy atom. The summed E-state index contributed by atoms with van der Waals surface area (Å²) in [5.74, 6) is -0.207. The average molecular weight is 274 g/mol. The molecule has 0 aliphatic heterocycles. The molecule has 1 N–H and O–H groups in total. The third-order valence-electron chi connectivity index (χ3n) is 3.07. The van der Waals surface area contributed by atoms with Gasteiger partial charge in [-0.05, 0) is 60.0 Å². The van der Waals surface area contributed by atoms with E-state index in [0.717, 1.165) is 13.0 Å². The maximum absolute atomic E-state index is 12.2. The van der Waals surface area contributed by atoms with Crippen molar-refractivity contribution in [2.75, 3.05) is 20.6 Å². The number of aryl methyl sites for hydroxylation is 1. The summed E-state index contributed by atoms with van der Waals surface area (Å²) in [6.07, 6.45) is 0.848. The maximum Gasteiger partial charge on any atom is 0.270 e. The number of pyridine rings is 1. The molecule has 20 heavy (non-hydrogen) atoms. The third-order valence-corrected chi connectivity index (χ3v) is 3.07. The highest BCUT2D eigenvalue weighted by atomic mass is 16.2. The van der Waals surface area contributed by atoms with E-state index in [1.54, 1.807) is 19.1 Å². The molecule has 1 amide bonds. The van der Waals surface area contributed by atoms with Gasteiger partial charge in [0.2, 0.25) is 0 Å². The molecule has 5 heteroatoms. The van der Waals surface area contributed by atoms with Crippen LogP contribution in [0.1, 0.15) is 42.0 Å². The molecule has 1 rings (SSSR count). The summed E-state index contributed by atoms with van der Waals surface area (Å²) in [7, 11) is 4.01. The molecule has 108 valence electrons. The summed E-state index contributed by atoms with van der Waals surface area (Å²) >= 11 is 0. The average Bonchev–Trinajstić information content (AvgIpc) is 2.36. The highest BCUT2D eigenvalue weighted by Crippen LogP contribution is 2.11.